The van der Waals surface area contributed by atoms with E-state index < -0.39 is 0 Å². The molecular formula is C19H22N2. The summed E-state index contributed by atoms with van der Waals surface area (Å²) in [4.78, 5) is 0. The van der Waals surface area contributed by atoms with Crippen molar-refractivity contribution >= 4 is 11.4 Å². The standard InChI is InChI=1S/C19H22N2/c1-3-5-16-12-15(13-17(6-4-2)19(16)21)11-14-7-9-18(20)10-8-14/h3-4,7-10,12-13H,1-2,5-6,11,20-21H2. The maximum absolute atomic E-state index is 6.23. The van der Waals surface area contributed by atoms with E-state index in [9.17, 15) is 0 Å². The van der Waals surface area contributed by atoms with Gasteiger partial charge in [-0.15, -0.1) is 13.2 Å². The van der Waals surface area contributed by atoms with Crippen LogP contribution in [0.4, 0.5) is 11.4 Å². The van der Waals surface area contributed by atoms with Crippen LogP contribution < -0.4 is 11.5 Å². The van der Waals surface area contributed by atoms with Crippen LogP contribution in [0.3, 0.4) is 0 Å². The molecule has 2 rings (SSSR count). The molecule has 4 N–H and O–H groups in total. The Morgan fingerprint density at radius 2 is 1.33 bits per heavy atom. The highest BCUT2D eigenvalue weighted by molar-refractivity contribution is 5.57. The fourth-order valence-electron chi connectivity index (χ4n) is 2.47. The predicted octanol–water partition coefficient (Wildman–Crippen LogP) is 3.90. The van der Waals surface area contributed by atoms with Crippen LogP contribution in [0, 0.1) is 0 Å². The lowest BCUT2D eigenvalue weighted by molar-refractivity contribution is 1.13. The lowest BCUT2D eigenvalue weighted by Crippen LogP contribution is -2.02. The Morgan fingerprint density at radius 1 is 0.810 bits per heavy atom. The van der Waals surface area contributed by atoms with E-state index in [1.165, 1.54) is 11.1 Å². The zero-order valence-corrected chi connectivity index (χ0v) is 12.3. The molecule has 2 aromatic carbocycles. The maximum atomic E-state index is 6.23. The number of nitrogen functional groups attached to an aromatic ring is 2. The Hall–Kier alpha value is -2.48. The Bertz CT molecular complexity index is 608. The summed E-state index contributed by atoms with van der Waals surface area (Å²) in [6.45, 7) is 7.61. The van der Waals surface area contributed by atoms with Gasteiger partial charge in [0.1, 0.15) is 0 Å². The molecule has 2 aromatic rings. The van der Waals surface area contributed by atoms with Crippen molar-refractivity contribution in [3.05, 3.63) is 84.0 Å². The SMILES string of the molecule is C=CCc1cc(Cc2ccc(N)cc2)cc(CC=C)c1N. The molecule has 108 valence electrons. The first-order valence-electron chi connectivity index (χ1n) is 7.10. The van der Waals surface area contributed by atoms with Crippen LogP contribution >= 0.6 is 0 Å². The summed E-state index contributed by atoms with van der Waals surface area (Å²) in [7, 11) is 0. The van der Waals surface area contributed by atoms with Gasteiger partial charge < -0.3 is 11.5 Å². The van der Waals surface area contributed by atoms with Gasteiger partial charge in [-0.25, -0.2) is 0 Å². The molecule has 0 aromatic heterocycles. The number of nitrogens with two attached hydrogens (primary N) is 2. The quantitative estimate of drug-likeness (QED) is 0.622. The average Bonchev–Trinajstić information content (AvgIpc) is 2.47. The number of rotatable bonds is 6. The summed E-state index contributed by atoms with van der Waals surface area (Å²) >= 11 is 0. The summed E-state index contributed by atoms with van der Waals surface area (Å²) in [5, 5.41) is 0. The molecule has 0 aliphatic heterocycles. The molecule has 0 atom stereocenters. The van der Waals surface area contributed by atoms with Crippen molar-refractivity contribution in [3.63, 3.8) is 0 Å². The number of benzene rings is 2. The zero-order valence-electron chi connectivity index (χ0n) is 12.3. The topological polar surface area (TPSA) is 52.0 Å². The maximum Gasteiger partial charge on any atom is 0.0385 e. The molecule has 0 radical (unpaired) electrons. The highest BCUT2D eigenvalue weighted by Gasteiger charge is 2.07. The summed E-state index contributed by atoms with van der Waals surface area (Å²) in [6, 6.07) is 12.3. The zero-order chi connectivity index (χ0) is 15.2. The minimum absolute atomic E-state index is 0.783. The second-order valence-electron chi connectivity index (χ2n) is 5.23. The second-order valence-corrected chi connectivity index (χ2v) is 5.23. The molecule has 0 heterocycles. The number of hydrogen-bond donors (Lipinski definition) is 2. The van der Waals surface area contributed by atoms with Crippen LogP contribution in [-0.2, 0) is 19.3 Å². The van der Waals surface area contributed by atoms with Crippen LogP contribution in [0.2, 0.25) is 0 Å². The number of hydrogen-bond acceptors (Lipinski definition) is 2. The number of allylic oxidation sites excluding steroid dienone is 2. The van der Waals surface area contributed by atoms with Crippen LogP contribution in [0.15, 0.2) is 61.7 Å². The third-order valence-electron chi connectivity index (χ3n) is 3.53. The predicted molar refractivity (Wildman–Crippen MR) is 92.3 cm³/mol. The van der Waals surface area contributed by atoms with Crippen LogP contribution in [0.1, 0.15) is 22.3 Å². The van der Waals surface area contributed by atoms with E-state index in [0.717, 1.165) is 41.8 Å². The Kier molecular flexibility index (Phi) is 4.83. The first-order valence-corrected chi connectivity index (χ1v) is 7.10. The molecule has 2 heteroatoms. The van der Waals surface area contributed by atoms with Gasteiger partial charge in [0.05, 0.1) is 0 Å². The summed E-state index contributed by atoms with van der Waals surface area (Å²) in [5.74, 6) is 0. The van der Waals surface area contributed by atoms with Gasteiger partial charge in [-0.05, 0) is 53.6 Å². The fraction of sp³-hybridized carbons (Fsp3) is 0.158. The van der Waals surface area contributed by atoms with E-state index in [1.807, 2.05) is 24.3 Å². The Labute approximate surface area is 126 Å². The van der Waals surface area contributed by atoms with Crippen molar-refractivity contribution in [2.75, 3.05) is 11.5 Å². The number of anilines is 2. The first-order chi connectivity index (χ1) is 10.1. The molecule has 0 aliphatic carbocycles. The molecule has 0 bridgehead atoms. The highest BCUT2D eigenvalue weighted by atomic mass is 14.6. The normalized spacial score (nSPS) is 10.3. The van der Waals surface area contributed by atoms with E-state index in [-0.39, 0.29) is 0 Å². The van der Waals surface area contributed by atoms with Crippen molar-refractivity contribution in [1.82, 2.24) is 0 Å². The molecule has 0 unspecified atom stereocenters. The van der Waals surface area contributed by atoms with Crippen molar-refractivity contribution in [3.8, 4) is 0 Å². The van der Waals surface area contributed by atoms with Gasteiger partial charge in [-0.3, -0.25) is 0 Å². The lowest BCUT2D eigenvalue weighted by atomic mass is 9.95. The minimum atomic E-state index is 0.783. The third-order valence-corrected chi connectivity index (χ3v) is 3.53. The van der Waals surface area contributed by atoms with E-state index >= 15 is 0 Å². The molecule has 0 saturated carbocycles. The molecule has 0 amide bonds. The molecule has 21 heavy (non-hydrogen) atoms. The molecule has 0 spiro atoms. The monoisotopic (exact) mass is 278 g/mol. The van der Waals surface area contributed by atoms with E-state index in [2.05, 4.69) is 37.4 Å². The fourth-order valence-corrected chi connectivity index (χ4v) is 2.47. The smallest absolute Gasteiger partial charge is 0.0385 e. The first kappa shape index (κ1) is 14.9. The molecular weight excluding hydrogens is 256 g/mol. The van der Waals surface area contributed by atoms with Crippen molar-refractivity contribution in [2.45, 2.75) is 19.3 Å². The van der Waals surface area contributed by atoms with E-state index in [4.69, 9.17) is 11.5 Å². The van der Waals surface area contributed by atoms with Crippen LogP contribution in [0.5, 0.6) is 0 Å². The minimum Gasteiger partial charge on any atom is -0.399 e. The highest BCUT2D eigenvalue weighted by Crippen LogP contribution is 2.24. The van der Waals surface area contributed by atoms with Crippen molar-refractivity contribution in [2.24, 2.45) is 0 Å². The Morgan fingerprint density at radius 3 is 1.81 bits per heavy atom. The van der Waals surface area contributed by atoms with E-state index in [1.54, 1.807) is 0 Å². The molecule has 2 nitrogen and oxygen atoms in total. The van der Waals surface area contributed by atoms with Crippen LogP contribution in [-0.4, -0.2) is 0 Å². The third kappa shape index (κ3) is 3.76. The Balaban J connectivity index is 2.35. The largest absolute Gasteiger partial charge is 0.399 e. The van der Waals surface area contributed by atoms with Gasteiger partial charge in [0.2, 0.25) is 0 Å². The summed E-state index contributed by atoms with van der Waals surface area (Å²) in [6.07, 6.45) is 6.21. The van der Waals surface area contributed by atoms with Crippen LogP contribution in [0.25, 0.3) is 0 Å². The molecule has 0 saturated heterocycles. The van der Waals surface area contributed by atoms with E-state index in [0.29, 0.717) is 0 Å². The van der Waals surface area contributed by atoms with Gasteiger partial charge in [0.25, 0.3) is 0 Å². The summed E-state index contributed by atoms with van der Waals surface area (Å²) < 4.78 is 0. The second kappa shape index (κ2) is 6.80. The average molecular weight is 278 g/mol. The van der Waals surface area contributed by atoms with Gasteiger partial charge >= 0.3 is 0 Å². The van der Waals surface area contributed by atoms with Gasteiger partial charge in [0, 0.05) is 11.4 Å². The van der Waals surface area contributed by atoms with Gasteiger partial charge in [-0.1, -0.05) is 36.4 Å². The van der Waals surface area contributed by atoms with Gasteiger partial charge in [0.15, 0.2) is 0 Å². The van der Waals surface area contributed by atoms with Crippen molar-refractivity contribution < 1.29 is 0 Å². The molecule has 0 fully saturated rings. The van der Waals surface area contributed by atoms with Crippen molar-refractivity contribution in [1.29, 1.82) is 0 Å². The van der Waals surface area contributed by atoms with Gasteiger partial charge in [-0.2, -0.15) is 0 Å². The summed E-state index contributed by atoms with van der Waals surface area (Å²) in [5.41, 5.74) is 18.4. The molecule has 0 aliphatic rings. The lowest BCUT2D eigenvalue weighted by Gasteiger charge is -2.13.